The first-order valence-corrected chi connectivity index (χ1v) is 22.3. The number of para-hydroxylation sites is 7. The van der Waals surface area contributed by atoms with Gasteiger partial charge in [-0.1, -0.05) is 127 Å². The predicted octanol–water partition coefficient (Wildman–Crippen LogP) is 16.0. The van der Waals surface area contributed by atoms with Gasteiger partial charge < -0.3 is 22.7 Å². The lowest BCUT2D eigenvalue weighted by molar-refractivity contribution is 0.673. The molecule has 0 unspecified atom stereocenters. The molecule has 0 aliphatic carbocycles. The Morgan fingerprint density at radius 1 is 0.231 bits per heavy atom. The number of hydrogen-bond acceptors (Lipinski definition) is 1. The standard InChI is InChI=1S/C60H36N4O/c1-8-22-50-41(15-1)42-16-2-9-23-51(42)61(50)37-29-32-58-49(36-37)47-30-31-57-59(60(47)65-58)48-21-7-14-28-56(48)64(57)40-34-38(62-52-24-10-3-17-43(52)44-18-4-11-25-53(44)62)33-39(35-40)63-54-26-12-5-19-45(54)46-20-6-13-27-55(46)63/h1-36H. The average Bonchev–Trinajstić information content (AvgIpc) is 4.16. The van der Waals surface area contributed by atoms with Gasteiger partial charge in [0, 0.05) is 54.2 Å². The number of nitrogens with zero attached hydrogens (tertiary/aromatic N) is 4. The van der Waals surface area contributed by atoms with Gasteiger partial charge >= 0.3 is 0 Å². The molecule has 0 atom stereocenters. The van der Waals surface area contributed by atoms with Crippen molar-refractivity contribution in [3.63, 3.8) is 0 Å². The summed E-state index contributed by atoms with van der Waals surface area (Å²) >= 11 is 0. The molecule has 0 spiro atoms. The van der Waals surface area contributed by atoms with Gasteiger partial charge in [-0.15, -0.1) is 0 Å². The van der Waals surface area contributed by atoms with Crippen LogP contribution in [0.3, 0.4) is 0 Å². The van der Waals surface area contributed by atoms with E-state index in [-0.39, 0.29) is 0 Å². The molecule has 5 aromatic heterocycles. The topological polar surface area (TPSA) is 32.9 Å². The minimum Gasteiger partial charge on any atom is -0.455 e. The highest BCUT2D eigenvalue weighted by Crippen LogP contribution is 2.44. The third-order valence-electron chi connectivity index (χ3n) is 13.9. The van der Waals surface area contributed by atoms with Crippen molar-refractivity contribution < 1.29 is 4.42 Å². The highest BCUT2D eigenvalue weighted by molar-refractivity contribution is 6.24. The van der Waals surface area contributed by atoms with Crippen molar-refractivity contribution in [2.24, 2.45) is 0 Å². The first-order valence-electron chi connectivity index (χ1n) is 22.3. The third-order valence-corrected chi connectivity index (χ3v) is 13.9. The molecule has 15 aromatic rings. The zero-order valence-corrected chi connectivity index (χ0v) is 35.0. The van der Waals surface area contributed by atoms with Gasteiger partial charge in [0.2, 0.25) is 0 Å². The number of rotatable bonds is 4. The van der Waals surface area contributed by atoms with Crippen molar-refractivity contribution in [1.29, 1.82) is 0 Å². The van der Waals surface area contributed by atoms with E-state index in [1.165, 1.54) is 65.4 Å². The van der Waals surface area contributed by atoms with Crippen LogP contribution in [0.15, 0.2) is 223 Å². The number of aromatic nitrogens is 4. The summed E-state index contributed by atoms with van der Waals surface area (Å²) in [6.45, 7) is 0. The SMILES string of the molecule is c1ccc2c(c1)c1ccccc1n2-c1cc(-n2c3ccccc3c3ccccc32)cc(-n2c3ccccc3c3c4oc5ccc(-n6c7ccccc7c7ccccc76)cc5c4ccc32)c1. The smallest absolute Gasteiger partial charge is 0.145 e. The van der Waals surface area contributed by atoms with Gasteiger partial charge in [-0.05, 0) is 91.0 Å². The van der Waals surface area contributed by atoms with E-state index in [1.54, 1.807) is 0 Å². The molecule has 10 aromatic carbocycles. The van der Waals surface area contributed by atoms with Crippen LogP contribution in [-0.2, 0) is 0 Å². The summed E-state index contributed by atoms with van der Waals surface area (Å²) in [6.07, 6.45) is 0. The van der Waals surface area contributed by atoms with Gasteiger partial charge in [0.25, 0.3) is 0 Å². The van der Waals surface area contributed by atoms with Crippen molar-refractivity contribution in [3.05, 3.63) is 218 Å². The summed E-state index contributed by atoms with van der Waals surface area (Å²) in [5, 5.41) is 11.9. The summed E-state index contributed by atoms with van der Waals surface area (Å²) in [5.74, 6) is 0. The van der Waals surface area contributed by atoms with Crippen molar-refractivity contribution in [2.75, 3.05) is 0 Å². The molecule has 302 valence electrons. The Bertz CT molecular complexity index is 4200. The molecule has 15 rings (SSSR count). The highest BCUT2D eigenvalue weighted by atomic mass is 16.3. The van der Waals surface area contributed by atoms with E-state index in [9.17, 15) is 0 Å². The van der Waals surface area contributed by atoms with E-state index in [4.69, 9.17) is 4.42 Å². The van der Waals surface area contributed by atoms with E-state index in [2.05, 4.69) is 237 Å². The molecule has 0 aliphatic rings. The molecule has 0 N–H and O–H groups in total. The maximum absolute atomic E-state index is 7.00. The van der Waals surface area contributed by atoms with Crippen molar-refractivity contribution in [2.45, 2.75) is 0 Å². The van der Waals surface area contributed by atoms with Gasteiger partial charge in [0.1, 0.15) is 11.2 Å². The van der Waals surface area contributed by atoms with Crippen LogP contribution in [0.5, 0.6) is 0 Å². The van der Waals surface area contributed by atoms with Crippen LogP contribution in [0.4, 0.5) is 0 Å². The molecular weight excluding hydrogens is 793 g/mol. The maximum atomic E-state index is 7.00. The van der Waals surface area contributed by atoms with Crippen molar-refractivity contribution in [1.82, 2.24) is 18.3 Å². The third kappa shape index (κ3) is 4.71. The summed E-state index contributed by atoms with van der Waals surface area (Å²) in [6, 6.07) is 79.5. The van der Waals surface area contributed by atoms with Gasteiger partial charge in [-0.3, -0.25) is 0 Å². The first kappa shape index (κ1) is 34.7. The summed E-state index contributed by atoms with van der Waals surface area (Å²) < 4.78 is 16.7. The van der Waals surface area contributed by atoms with Gasteiger partial charge in [0.05, 0.1) is 66.6 Å². The maximum Gasteiger partial charge on any atom is 0.145 e. The lowest BCUT2D eigenvalue weighted by atomic mass is 10.1. The quantitative estimate of drug-likeness (QED) is 0.174. The Balaban J connectivity index is 1.02. The molecule has 5 heterocycles. The van der Waals surface area contributed by atoms with E-state index in [0.717, 1.165) is 66.5 Å². The number of furan rings is 1. The lowest BCUT2D eigenvalue weighted by Gasteiger charge is -2.17. The fourth-order valence-corrected chi connectivity index (χ4v) is 11.3. The fraction of sp³-hybridized carbons (Fsp3) is 0. The highest BCUT2D eigenvalue weighted by Gasteiger charge is 2.23. The van der Waals surface area contributed by atoms with Crippen LogP contribution in [0, 0.1) is 0 Å². The van der Waals surface area contributed by atoms with E-state index >= 15 is 0 Å². The Kier molecular flexibility index (Phi) is 6.89. The molecule has 5 nitrogen and oxygen atoms in total. The Morgan fingerprint density at radius 3 is 0.985 bits per heavy atom. The zero-order chi connectivity index (χ0) is 42.3. The van der Waals surface area contributed by atoms with E-state index in [1.807, 2.05) is 0 Å². The van der Waals surface area contributed by atoms with Crippen molar-refractivity contribution >= 4 is 109 Å². The second-order valence-electron chi connectivity index (χ2n) is 17.3. The zero-order valence-electron chi connectivity index (χ0n) is 35.0. The Hall–Kier alpha value is -8.80. The molecule has 0 amide bonds. The molecule has 0 saturated heterocycles. The van der Waals surface area contributed by atoms with Crippen LogP contribution in [0.2, 0.25) is 0 Å². The molecule has 5 heteroatoms. The molecule has 0 radical (unpaired) electrons. The summed E-state index contributed by atoms with van der Waals surface area (Å²) in [5.41, 5.74) is 15.4. The van der Waals surface area contributed by atoms with Crippen molar-refractivity contribution in [3.8, 4) is 22.7 Å². The molecule has 0 saturated carbocycles. The fourth-order valence-electron chi connectivity index (χ4n) is 11.3. The largest absolute Gasteiger partial charge is 0.455 e. The van der Waals surface area contributed by atoms with E-state index < -0.39 is 0 Å². The van der Waals surface area contributed by atoms with Gasteiger partial charge in [-0.25, -0.2) is 0 Å². The molecular formula is C60H36N4O. The molecule has 65 heavy (non-hydrogen) atoms. The monoisotopic (exact) mass is 828 g/mol. The van der Waals surface area contributed by atoms with Crippen LogP contribution in [-0.4, -0.2) is 18.3 Å². The normalized spacial score (nSPS) is 12.3. The van der Waals surface area contributed by atoms with Crippen LogP contribution in [0.1, 0.15) is 0 Å². The second kappa shape index (κ2) is 12.9. The number of hydrogen-bond donors (Lipinski definition) is 0. The predicted molar refractivity (Wildman–Crippen MR) is 271 cm³/mol. The van der Waals surface area contributed by atoms with Gasteiger partial charge in [-0.2, -0.15) is 0 Å². The molecule has 0 fully saturated rings. The summed E-state index contributed by atoms with van der Waals surface area (Å²) in [7, 11) is 0. The van der Waals surface area contributed by atoms with Gasteiger partial charge in [0.15, 0.2) is 0 Å². The molecule has 0 aliphatic heterocycles. The average molecular weight is 829 g/mol. The minimum absolute atomic E-state index is 0.871. The Labute approximate surface area is 371 Å². The molecule has 0 bridgehead atoms. The number of benzene rings is 10. The number of fused-ring (bicyclic) bond motifs is 16. The summed E-state index contributed by atoms with van der Waals surface area (Å²) in [4.78, 5) is 0. The van der Waals surface area contributed by atoms with Crippen LogP contribution >= 0.6 is 0 Å². The second-order valence-corrected chi connectivity index (χ2v) is 17.3. The van der Waals surface area contributed by atoms with Crippen LogP contribution in [0.25, 0.3) is 132 Å². The van der Waals surface area contributed by atoms with Crippen LogP contribution < -0.4 is 0 Å². The minimum atomic E-state index is 0.871. The lowest BCUT2D eigenvalue weighted by Crippen LogP contribution is -2.03. The first-order chi connectivity index (χ1) is 32.3. The Morgan fingerprint density at radius 2 is 0.569 bits per heavy atom. The van der Waals surface area contributed by atoms with E-state index in [0.29, 0.717) is 0 Å².